The smallest absolute Gasteiger partial charge is 0.314 e. The number of carbonyl (C=O) groups is 1. The van der Waals surface area contributed by atoms with E-state index in [4.69, 9.17) is 0 Å². The maximum atomic E-state index is 11.5. The Bertz CT molecular complexity index is 775. The van der Waals surface area contributed by atoms with E-state index in [0.29, 0.717) is 17.5 Å². The Morgan fingerprint density at radius 1 is 0.952 bits per heavy atom. The van der Waals surface area contributed by atoms with Gasteiger partial charge in [0, 0.05) is 0 Å². The van der Waals surface area contributed by atoms with E-state index in [2.05, 4.69) is 15.2 Å². The molecule has 0 saturated heterocycles. The van der Waals surface area contributed by atoms with E-state index in [1.54, 1.807) is 12.1 Å². The predicted octanol–water partition coefficient (Wildman–Crippen LogP) is 2.44. The highest BCUT2D eigenvalue weighted by atomic mass is 16.4. The predicted molar refractivity (Wildman–Crippen MR) is 77.9 cm³/mol. The van der Waals surface area contributed by atoms with E-state index in [-0.39, 0.29) is 5.82 Å². The molecule has 104 valence electrons. The van der Waals surface area contributed by atoms with Gasteiger partial charge >= 0.3 is 5.97 Å². The topological polar surface area (TPSA) is 76.0 Å². The quantitative estimate of drug-likeness (QED) is 0.793. The van der Waals surface area contributed by atoms with Gasteiger partial charge < -0.3 is 5.11 Å². The first-order valence-electron chi connectivity index (χ1n) is 6.60. The number of hydrogen-bond acceptors (Lipinski definition) is 4. The summed E-state index contributed by atoms with van der Waals surface area (Å²) in [4.78, 5) is 15.9. The molecule has 21 heavy (non-hydrogen) atoms. The molecule has 1 N–H and O–H groups in total. The zero-order chi connectivity index (χ0) is 14.7. The molecule has 3 aromatic rings. The fourth-order valence-corrected chi connectivity index (χ4v) is 2.18. The average Bonchev–Trinajstić information content (AvgIpc) is 2.53. The summed E-state index contributed by atoms with van der Waals surface area (Å²) in [5.41, 5.74) is 2.24. The van der Waals surface area contributed by atoms with Gasteiger partial charge in [0.05, 0.1) is 5.52 Å². The highest BCUT2D eigenvalue weighted by molar-refractivity contribution is 5.77. The summed E-state index contributed by atoms with van der Waals surface area (Å²) in [7, 11) is 0. The first-order chi connectivity index (χ1) is 10.2. The maximum Gasteiger partial charge on any atom is 0.314 e. The normalized spacial score (nSPS) is 12.2. The molecule has 3 rings (SSSR count). The minimum atomic E-state index is -0.948. The van der Waals surface area contributed by atoms with Gasteiger partial charge in [0.15, 0.2) is 5.82 Å². The van der Waals surface area contributed by atoms with Crippen molar-refractivity contribution in [3.8, 4) is 0 Å². The molecule has 0 saturated carbocycles. The lowest BCUT2D eigenvalue weighted by Crippen LogP contribution is -2.18. The molecule has 1 aromatic heterocycles. The van der Waals surface area contributed by atoms with Crippen LogP contribution < -0.4 is 0 Å². The minimum absolute atomic E-state index is 0.241. The summed E-state index contributed by atoms with van der Waals surface area (Å²) in [6.45, 7) is 0. The van der Waals surface area contributed by atoms with Crippen LogP contribution in [0.25, 0.3) is 11.0 Å². The molecule has 2 aromatic carbocycles. The van der Waals surface area contributed by atoms with Gasteiger partial charge in [-0.2, -0.15) is 0 Å². The van der Waals surface area contributed by atoms with Gasteiger partial charge in [0.2, 0.25) is 0 Å². The Kier molecular flexibility index (Phi) is 3.55. The molecule has 0 aliphatic rings. The summed E-state index contributed by atoms with van der Waals surface area (Å²) in [6.07, 6.45) is 0.343. The van der Waals surface area contributed by atoms with Crippen LogP contribution in [-0.2, 0) is 11.2 Å². The van der Waals surface area contributed by atoms with Crippen LogP contribution in [0.3, 0.4) is 0 Å². The van der Waals surface area contributed by atoms with Crippen molar-refractivity contribution in [1.29, 1.82) is 0 Å². The third kappa shape index (κ3) is 2.86. The van der Waals surface area contributed by atoms with Crippen LogP contribution in [-0.4, -0.2) is 26.3 Å². The Labute approximate surface area is 121 Å². The summed E-state index contributed by atoms with van der Waals surface area (Å²) in [5, 5.41) is 17.5. The third-order valence-corrected chi connectivity index (χ3v) is 3.27. The molecule has 5 nitrogen and oxygen atoms in total. The Morgan fingerprint density at radius 3 is 2.33 bits per heavy atom. The molecule has 0 bridgehead atoms. The van der Waals surface area contributed by atoms with Gasteiger partial charge in [-0.3, -0.25) is 4.79 Å². The minimum Gasteiger partial charge on any atom is -0.481 e. The fourth-order valence-electron chi connectivity index (χ4n) is 2.18. The van der Waals surface area contributed by atoms with Crippen molar-refractivity contribution in [3.05, 3.63) is 66.0 Å². The number of fused-ring (bicyclic) bond motifs is 1. The molecular weight excluding hydrogens is 266 g/mol. The van der Waals surface area contributed by atoms with E-state index in [1.807, 2.05) is 42.5 Å². The molecule has 1 heterocycles. The van der Waals surface area contributed by atoms with Crippen LogP contribution in [0.15, 0.2) is 54.6 Å². The number of carboxylic acid groups (broad SMARTS) is 1. The second kappa shape index (κ2) is 5.66. The van der Waals surface area contributed by atoms with Gasteiger partial charge in [0.1, 0.15) is 11.4 Å². The lowest BCUT2D eigenvalue weighted by atomic mass is 9.99. The van der Waals surface area contributed by atoms with Crippen molar-refractivity contribution in [3.63, 3.8) is 0 Å². The zero-order valence-electron chi connectivity index (χ0n) is 11.2. The zero-order valence-corrected chi connectivity index (χ0v) is 11.2. The Morgan fingerprint density at radius 2 is 1.62 bits per heavy atom. The van der Waals surface area contributed by atoms with Crippen LogP contribution in [0.4, 0.5) is 0 Å². The number of carboxylic acids is 1. The Balaban J connectivity index is 1.97. The molecule has 0 spiro atoms. The second-order valence-corrected chi connectivity index (χ2v) is 4.74. The highest BCUT2D eigenvalue weighted by Gasteiger charge is 2.24. The number of aromatic nitrogens is 3. The molecule has 0 aliphatic carbocycles. The van der Waals surface area contributed by atoms with Crippen LogP contribution >= 0.6 is 0 Å². The van der Waals surface area contributed by atoms with Crippen LogP contribution in [0.1, 0.15) is 17.3 Å². The number of nitrogens with zero attached hydrogens (tertiary/aromatic N) is 3. The van der Waals surface area contributed by atoms with Crippen molar-refractivity contribution >= 4 is 17.0 Å². The van der Waals surface area contributed by atoms with Crippen molar-refractivity contribution in [2.45, 2.75) is 12.3 Å². The molecule has 1 atom stereocenters. The average molecular weight is 279 g/mol. The SMILES string of the molecule is O=C(O)C(Cc1ccccc1)c1nnc2ccccc2n1. The van der Waals surface area contributed by atoms with Gasteiger partial charge in [-0.15, -0.1) is 10.2 Å². The van der Waals surface area contributed by atoms with Crippen molar-refractivity contribution in [1.82, 2.24) is 15.2 Å². The molecule has 1 unspecified atom stereocenters. The number of aliphatic carboxylic acids is 1. The lowest BCUT2D eigenvalue weighted by molar-refractivity contribution is -0.139. The number of para-hydroxylation sites is 1. The molecule has 0 fully saturated rings. The highest BCUT2D eigenvalue weighted by Crippen LogP contribution is 2.19. The van der Waals surface area contributed by atoms with Crippen molar-refractivity contribution < 1.29 is 9.90 Å². The lowest BCUT2D eigenvalue weighted by Gasteiger charge is -2.11. The molecule has 0 aliphatic heterocycles. The number of benzene rings is 2. The summed E-state index contributed by atoms with van der Waals surface area (Å²) >= 11 is 0. The molecule has 0 amide bonds. The summed E-state index contributed by atoms with van der Waals surface area (Å²) in [6, 6.07) is 16.7. The summed E-state index contributed by atoms with van der Waals surface area (Å²) in [5.74, 6) is -1.51. The fraction of sp³-hybridized carbons (Fsp3) is 0.125. The van der Waals surface area contributed by atoms with E-state index in [9.17, 15) is 9.90 Å². The molecule has 5 heteroatoms. The van der Waals surface area contributed by atoms with Crippen LogP contribution in [0, 0.1) is 0 Å². The van der Waals surface area contributed by atoms with E-state index in [1.165, 1.54) is 0 Å². The van der Waals surface area contributed by atoms with E-state index in [0.717, 1.165) is 5.56 Å². The Hall–Kier alpha value is -2.82. The van der Waals surface area contributed by atoms with Crippen molar-refractivity contribution in [2.24, 2.45) is 0 Å². The van der Waals surface area contributed by atoms with Crippen LogP contribution in [0.5, 0.6) is 0 Å². The third-order valence-electron chi connectivity index (χ3n) is 3.27. The standard InChI is InChI=1S/C16H13N3O2/c20-16(21)12(10-11-6-2-1-3-7-11)15-17-13-8-4-5-9-14(13)18-19-15/h1-9,12H,10H2,(H,20,21). The van der Waals surface area contributed by atoms with E-state index < -0.39 is 11.9 Å². The van der Waals surface area contributed by atoms with Gasteiger partial charge in [0.25, 0.3) is 0 Å². The monoisotopic (exact) mass is 279 g/mol. The van der Waals surface area contributed by atoms with Gasteiger partial charge in [-0.05, 0) is 24.1 Å². The second-order valence-electron chi connectivity index (χ2n) is 4.74. The first-order valence-corrected chi connectivity index (χ1v) is 6.60. The summed E-state index contributed by atoms with van der Waals surface area (Å²) < 4.78 is 0. The van der Waals surface area contributed by atoms with Gasteiger partial charge in [-0.1, -0.05) is 42.5 Å². The number of hydrogen-bond donors (Lipinski definition) is 1. The number of rotatable bonds is 4. The molecule has 0 radical (unpaired) electrons. The van der Waals surface area contributed by atoms with Crippen molar-refractivity contribution in [2.75, 3.05) is 0 Å². The van der Waals surface area contributed by atoms with Gasteiger partial charge in [-0.25, -0.2) is 4.98 Å². The first kappa shape index (κ1) is 13.2. The van der Waals surface area contributed by atoms with E-state index >= 15 is 0 Å². The van der Waals surface area contributed by atoms with Crippen LogP contribution in [0.2, 0.25) is 0 Å². The molecular formula is C16H13N3O2. The maximum absolute atomic E-state index is 11.5. The largest absolute Gasteiger partial charge is 0.481 e.